The van der Waals surface area contributed by atoms with Gasteiger partial charge in [-0.1, -0.05) is 0 Å². The molecule has 7 nitrogen and oxygen atoms in total. The highest BCUT2D eigenvalue weighted by Crippen LogP contribution is 2.14. The van der Waals surface area contributed by atoms with E-state index < -0.39 is 0 Å². The van der Waals surface area contributed by atoms with Crippen molar-refractivity contribution in [1.29, 1.82) is 0 Å². The normalized spacial score (nSPS) is 11.0. The first-order valence-corrected chi connectivity index (χ1v) is 8.53. The van der Waals surface area contributed by atoms with Crippen LogP contribution in [-0.4, -0.2) is 41.0 Å². The molecule has 8 heteroatoms. The van der Waals surface area contributed by atoms with Crippen LogP contribution in [0.2, 0.25) is 0 Å². The number of ether oxygens (including phenoxy) is 1. The lowest BCUT2D eigenvalue weighted by atomic mass is 10.3. The zero-order chi connectivity index (χ0) is 18.2. The van der Waals surface area contributed by atoms with Gasteiger partial charge in [0.25, 0.3) is 0 Å². The highest BCUT2D eigenvalue weighted by atomic mass is 127. The molecular formula is C19H25IN6O. The van der Waals surface area contributed by atoms with Crippen molar-refractivity contribution in [2.45, 2.75) is 13.1 Å². The van der Waals surface area contributed by atoms with Gasteiger partial charge in [0.15, 0.2) is 5.96 Å². The molecule has 0 aliphatic rings. The summed E-state index contributed by atoms with van der Waals surface area (Å²) < 4.78 is 9.15. The molecule has 0 spiro atoms. The van der Waals surface area contributed by atoms with E-state index in [1.807, 2.05) is 65.7 Å². The Balaban J connectivity index is 0.00000261. The molecule has 0 bridgehead atoms. The van der Waals surface area contributed by atoms with Crippen LogP contribution in [0.25, 0.3) is 5.69 Å². The Morgan fingerprint density at radius 2 is 1.81 bits per heavy atom. The van der Waals surface area contributed by atoms with Crippen LogP contribution in [0.4, 0.5) is 0 Å². The summed E-state index contributed by atoms with van der Waals surface area (Å²) in [5.41, 5.74) is 1.93. The van der Waals surface area contributed by atoms with Gasteiger partial charge in [-0.25, -0.2) is 4.68 Å². The third-order valence-electron chi connectivity index (χ3n) is 3.97. The number of aliphatic imine (C=N–C) groups is 1. The predicted molar refractivity (Wildman–Crippen MR) is 118 cm³/mol. The predicted octanol–water partition coefficient (Wildman–Crippen LogP) is 2.67. The number of guanidine groups is 1. The summed E-state index contributed by atoms with van der Waals surface area (Å²) >= 11 is 0. The fraction of sp³-hybridized carbons (Fsp3) is 0.263. The maximum absolute atomic E-state index is 5.18. The van der Waals surface area contributed by atoms with Gasteiger partial charge >= 0.3 is 0 Å². The van der Waals surface area contributed by atoms with Crippen molar-refractivity contribution in [3.8, 4) is 11.4 Å². The summed E-state index contributed by atoms with van der Waals surface area (Å²) in [6, 6.07) is 13.8. The zero-order valence-corrected chi connectivity index (χ0v) is 17.8. The van der Waals surface area contributed by atoms with Gasteiger partial charge in [0, 0.05) is 38.7 Å². The Morgan fingerprint density at radius 1 is 1.07 bits per heavy atom. The molecule has 0 aliphatic heterocycles. The van der Waals surface area contributed by atoms with Gasteiger partial charge in [-0.3, -0.25) is 4.99 Å². The van der Waals surface area contributed by atoms with Crippen LogP contribution < -0.4 is 15.4 Å². The summed E-state index contributed by atoms with van der Waals surface area (Å²) in [5, 5.41) is 11.2. The Hall–Kier alpha value is -2.49. The van der Waals surface area contributed by atoms with E-state index >= 15 is 0 Å². The molecule has 0 radical (unpaired) electrons. The molecule has 0 fully saturated rings. The summed E-state index contributed by atoms with van der Waals surface area (Å²) in [6.07, 6.45) is 6.04. The first-order valence-electron chi connectivity index (χ1n) is 8.53. The molecule has 0 saturated heterocycles. The summed E-state index contributed by atoms with van der Waals surface area (Å²) in [4.78, 5) is 4.24. The van der Waals surface area contributed by atoms with Gasteiger partial charge in [-0.2, -0.15) is 5.10 Å². The van der Waals surface area contributed by atoms with Crippen LogP contribution in [0.15, 0.2) is 66.0 Å². The van der Waals surface area contributed by atoms with Gasteiger partial charge in [0.2, 0.25) is 0 Å². The van der Waals surface area contributed by atoms with Crippen LogP contribution in [0.3, 0.4) is 0 Å². The molecule has 0 saturated carbocycles. The lowest BCUT2D eigenvalue weighted by Gasteiger charge is -2.11. The Kier molecular flexibility index (Phi) is 8.18. The number of hydrogen-bond donors (Lipinski definition) is 2. The highest BCUT2D eigenvalue weighted by molar-refractivity contribution is 14.0. The summed E-state index contributed by atoms with van der Waals surface area (Å²) in [5.74, 6) is 1.59. The average molecular weight is 480 g/mol. The van der Waals surface area contributed by atoms with E-state index in [2.05, 4.69) is 25.3 Å². The Labute approximate surface area is 176 Å². The van der Waals surface area contributed by atoms with Gasteiger partial charge in [-0.05, 0) is 42.5 Å². The molecule has 0 aliphatic carbocycles. The van der Waals surface area contributed by atoms with E-state index in [1.165, 1.54) is 0 Å². The van der Waals surface area contributed by atoms with Crippen molar-refractivity contribution in [2.75, 3.05) is 20.7 Å². The standard InChI is InChI=1S/C19H24N6O.HI/c1-20-19(21-10-14-24-11-3-4-12-24)22-15-16-9-13-25(23-16)17-5-7-18(26-2)8-6-17;/h3-9,11-13H,10,14-15H2,1-2H3,(H2,20,21,22);1H. The largest absolute Gasteiger partial charge is 0.497 e. The van der Waals surface area contributed by atoms with E-state index in [0.717, 1.165) is 36.2 Å². The average Bonchev–Trinajstić information content (AvgIpc) is 3.36. The maximum Gasteiger partial charge on any atom is 0.191 e. The monoisotopic (exact) mass is 480 g/mol. The van der Waals surface area contributed by atoms with Crippen molar-refractivity contribution in [2.24, 2.45) is 4.99 Å². The van der Waals surface area contributed by atoms with Crippen LogP contribution in [-0.2, 0) is 13.1 Å². The fourth-order valence-corrected chi connectivity index (χ4v) is 2.55. The van der Waals surface area contributed by atoms with Crippen molar-refractivity contribution in [1.82, 2.24) is 25.0 Å². The van der Waals surface area contributed by atoms with Gasteiger partial charge in [0.1, 0.15) is 5.75 Å². The molecular weight excluding hydrogens is 455 g/mol. The first-order chi connectivity index (χ1) is 12.8. The summed E-state index contributed by atoms with van der Waals surface area (Å²) in [7, 11) is 3.42. The molecule has 3 rings (SSSR count). The lowest BCUT2D eigenvalue weighted by molar-refractivity contribution is 0.414. The second-order valence-corrected chi connectivity index (χ2v) is 5.72. The number of benzene rings is 1. The highest BCUT2D eigenvalue weighted by Gasteiger charge is 2.03. The third-order valence-corrected chi connectivity index (χ3v) is 3.97. The van der Waals surface area contributed by atoms with Crippen LogP contribution >= 0.6 is 24.0 Å². The zero-order valence-electron chi connectivity index (χ0n) is 15.5. The minimum atomic E-state index is 0. The van der Waals surface area contributed by atoms with Crippen molar-refractivity contribution in [3.05, 3.63) is 66.7 Å². The number of rotatable bonds is 7. The molecule has 0 atom stereocenters. The molecule has 2 aromatic heterocycles. The number of nitrogens with zero attached hydrogens (tertiary/aromatic N) is 4. The second kappa shape index (κ2) is 10.6. The number of methoxy groups -OCH3 is 1. The van der Waals surface area contributed by atoms with Crippen molar-refractivity contribution in [3.63, 3.8) is 0 Å². The molecule has 0 amide bonds. The second-order valence-electron chi connectivity index (χ2n) is 5.72. The third kappa shape index (κ3) is 6.02. The van der Waals surface area contributed by atoms with Gasteiger partial charge in [-0.15, -0.1) is 24.0 Å². The SMILES string of the molecule is CN=C(NCCn1cccc1)NCc1ccn(-c2ccc(OC)cc2)n1.I. The molecule has 27 heavy (non-hydrogen) atoms. The lowest BCUT2D eigenvalue weighted by Crippen LogP contribution is -2.38. The number of nitrogens with one attached hydrogen (secondary N) is 2. The van der Waals surface area contributed by atoms with E-state index in [0.29, 0.717) is 6.54 Å². The van der Waals surface area contributed by atoms with E-state index in [4.69, 9.17) is 4.74 Å². The topological polar surface area (TPSA) is 68.4 Å². The quantitative estimate of drug-likeness (QED) is 0.310. The molecule has 0 unspecified atom stereocenters. The minimum Gasteiger partial charge on any atom is -0.497 e. The van der Waals surface area contributed by atoms with E-state index in [9.17, 15) is 0 Å². The van der Waals surface area contributed by atoms with E-state index in [1.54, 1.807) is 14.2 Å². The molecule has 3 aromatic rings. The number of aromatic nitrogens is 3. The van der Waals surface area contributed by atoms with Crippen molar-refractivity contribution >= 4 is 29.9 Å². The molecule has 2 N–H and O–H groups in total. The minimum absolute atomic E-state index is 0. The van der Waals surface area contributed by atoms with Crippen LogP contribution in [0.5, 0.6) is 5.75 Å². The smallest absolute Gasteiger partial charge is 0.191 e. The summed E-state index contributed by atoms with van der Waals surface area (Å²) in [6.45, 7) is 2.29. The maximum atomic E-state index is 5.18. The number of hydrogen-bond acceptors (Lipinski definition) is 3. The first kappa shape index (κ1) is 20.8. The Morgan fingerprint density at radius 3 is 2.48 bits per heavy atom. The van der Waals surface area contributed by atoms with Crippen LogP contribution in [0, 0.1) is 0 Å². The van der Waals surface area contributed by atoms with Crippen molar-refractivity contribution < 1.29 is 4.74 Å². The molecule has 144 valence electrons. The van der Waals surface area contributed by atoms with Gasteiger partial charge in [0.05, 0.1) is 25.0 Å². The fourth-order valence-electron chi connectivity index (χ4n) is 2.55. The number of halogens is 1. The Bertz CT molecular complexity index is 826. The van der Waals surface area contributed by atoms with Crippen LogP contribution in [0.1, 0.15) is 5.69 Å². The molecule has 2 heterocycles. The van der Waals surface area contributed by atoms with E-state index in [-0.39, 0.29) is 24.0 Å². The molecule has 1 aromatic carbocycles. The van der Waals surface area contributed by atoms with Gasteiger partial charge < -0.3 is 19.9 Å².